The van der Waals surface area contributed by atoms with E-state index in [1.165, 1.54) is 48.1 Å². The third kappa shape index (κ3) is 3.62. The molecule has 1 fully saturated rings. The van der Waals surface area contributed by atoms with Gasteiger partial charge < -0.3 is 10.1 Å². The van der Waals surface area contributed by atoms with Crippen molar-refractivity contribution in [3.63, 3.8) is 0 Å². The normalized spacial score (nSPS) is 15.0. The van der Waals surface area contributed by atoms with Crippen molar-refractivity contribution < 1.29 is 4.74 Å². The van der Waals surface area contributed by atoms with Gasteiger partial charge in [0.15, 0.2) is 0 Å². The Morgan fingerprint density at radius 1 is 0.955 bits per heavy atom. The molecule has 0 unspecified atom stereocenters. The number of para-hydroxylation sites is 1. The van der Waals surface area contributed by atoms with Gasteiger partial charge in [-0.15, -0.1) is 0 Å². The van der Waals surface area contributed by atoms with E-state index in [9.17, 15) is 0 Å². The van der Waals surface area contributed by atoms with Crippen molar-refractivity contribution in [1.29, 1.82) is 0 Å². The highest BCUT2D eigenvalue weighted by atomic mass is 16.5. The van der Waals surface area contributed by atoms with Gasteiger partial charge in [0.2, 0.25) is 0 Å². The van der Waals surface area contributed by atoms with Gasteiger partial charge in [-0.2, -0.15) is 0 Å². The fourth-order valence-corrected chi connectivity index (χ4v) is 3.17. The molecule has 0 aromatic heterocycles. The van der Waals surface area contributed by atoms with E-state index in [1.54, 1.807) is 0 Å². The molecule has 1 aliphatic rings. The first-order valence-corrected chi connectivity index (χ1v) is 8.28. The quantitative estimate of drug-likeness (QED) is 0.814. The van der Waals surface area contributed by atoms with Gasteiger partial charge in [-0.3, -0.25) is 0 Å². The summed E-state index contributed by atoms with van der Waals surface area (Å²) < 4.78 is 6.01. The molecule has 0 atom stereocenters. The van der Waals surface area contributed by atoms with E-state index in [4.69, 9.17) is 4.74 Å². The van der Waals surface area contributed by atoms with Crippen LogP contribution < -0.4 is 10.1 Å². The lowest BCUT2D eigenvalue weighted by molar-refractivity contribution is 0.210. The molecule has 2 aromatic rings. The molecule has 2 aromatic carbocycles. The molecule has 1 saturated carbocycles. The first-order valence-electron chi connectivity index (χ1n) is 8.28. The van der Waals surface area contributed by atoms with Crippen molar-refractivity contribution in [1.82, 2.24) is 0 Å². The number of benzene rings is 2. The Kier molecular flexibility index (Phi) is 4.67. The average molecular weight is 295 g/mol. The summed E-state index contributed by atoms with van der Waals surface area (Å²) in [6.07, 6.45) is 5.45. The van der Waals surface area contributed by atoms with Crippen LogP contribution in [0.15, 0.2) is 42.5 Å². The molecule has 1 aliphatic carbocycles. The van der Waals surface area contributed by atoms with Gasteiger partial charge in [-0.25, -0.2) is 0 Å². The highest BCUT2D eigenvalue weighted by Gasteiger charge is 2.16. The standard InChI is InChI=1S/C20H25NO/c1-15-6-5-7-16(2)20(15)21-14-17-10-12-19(13-11-17)22-18-8-3-4-9-18/h5-7,10-13,18,21H,3-4,8-9,14H2,1-2H3. The zero-order chi connectivity index (χ0) is 15.4. The van der Waals surface area contributed by atoms with Crippen molar-refractivity contribution in [2.24, 2.45) is 0 Å². The molecule has 3 rings (SSSR count). The third-order valence-electron chi connectivity index (χ3n) is 4.48. The Balaban J connectivity index is 1.59. The van der Waals surface area contributed by atoms with Gasteiger partial charge >= 0.3 is 0 Å². The minimum Gasteiger partial charge on any atom is -0.490 e. The highest BCUT2D eigenvalue weighted by Crippen LogP contribution is 2.25. The first-order chi connectivity index (χ1) is 10.7. The maximum atomic E-state index is 6.01. The Morgan fingerprint density at radius 3 is 2.23 bits per heavy atom. The molecule has 0 heterocycles. The van der Waals surface area contributed by atoms with Crippen molar-refractivity contribution in [2.45, 2.75) is 52.2 Å². The zero-order valence-corrected chi connectivity index (χ0v) is 13.6. The van der Waals surface area contributed by atoms with Gasteiger partial charge in [-0.1, -0.05) is 30.3 Å². The summed E-state index contributed by atoms with van der Waals surface area (Å²) in [6.45, 7) is 5.14. The van der Waals surface area contributed by atoms with Crippen LogP contribution in [0.25, 0.3) is 0 Å². The van der Waals surface area contributed by atoms with Crippen LogP contribution in [-0.2, 0) is 6.54 Å². The molecule has 22 heavy (non-hydrogen) atoms. The number of anilines is 1. The van der Waals surface area contributed by atoms with Crippen molar-refractivity contribution >= 4 is 5.69 Å². The summed E-state index contributed by atoms with van der Waals surface area (Å²) in [4.78, 5) is 0. The SMILES string of the molecule is Cc1cccc(C)c1NCc1ccc(OC2CCCC2)cc1. The first kappa shape index (κ1) is 15.0. The minimum absolute atomic E-state index is 0.429. The molecule has 1 N–H and O–H groups in total. The number of ether oxygens (including phenoxy) is 1. The minimum atomic E-state index is 0.429. The van der Waals surface area contributed by atoms with E-state index >= 15 is 0 Å². The molecule has 2 heteroatoms. The summed E-state index contributed by atoms with van der Waals surface area (Å²) in [5.41, 5.74) is 5.11. The summed E-state index contributed by atoms with van der Waals surface area (Å²) in [7, 11) is 0. The lowest BCUT2D eigenvalue weighted by Gasteiger charge is -2.15. The maximum absolute atomic E-state index is 6.01. The highest BCUT2D eigenvalue weighted by molar-refractivity contribution is 5.56. The van der Waals surface area contributed by atoms with E-state index in [2.05, 4.69) is 61.6 Å². The van der Waals surface area contributed by atoms with Crippen LogP contribution in [0, 0.1) is 13.8 Å². The second-order valence-electron chi connectivity index (χ2n) is 6.29. The number of hydrogen-bond acceptors (Lipinski definition) is 2. The predicted octanol–water partition coefficient (Wildman–Crippen LogP) is 5.24. The topological polar surface area (TPSA) is 21.3 Å². The van der Waals surface area contributed by atoms with E-state index in [0.717, 1.165) is 12.3 Å². The third-order valence-corrected chi connectivity index (χ3v) is 4.48. The van der Waals surface area contributed by atoms with Gasteiger partial charge in [-0.05, 0) is 68.4 Å². The van der Waals surface area contributed by atoms with Crippen LogP contribution in [0.3, 0.4) is 0 Å². The van der Waals surface area contributed by atoms with Crippen LogP contribution in [0.5, 0.6) is 5.75 Å². The van der Waals surface area contributed by atoms with Crippen LogP contribution in [-0.4, -0.2) is 6.10 Å². The van der Waals surface area contributed by atoms with Crippen LogP contribution in [0.2, 0.25) is 0 Å². The van der Waals surface area contributed by atoms with E-state index in [1.807, 2.05) is 0 Å². The van der Waals surface area contributed by atoms with Gasteiger partial charge in [0, 0.05) is 12.2 Å². The predicted molar refractivity (Wildman–Crippen MR) is 92.6 cm³/mol. The Morgan fingerprint density at radius 2 is 1.59 bits per heavy atom. The second-order valence-corrected chi connectivity index (χ2v) is 6.29. The fourth-order valence-electron chi connectivity index (χ4n) is 3.17. The molecule has 0 amide bonds. The lowest BCUT2D eigenvalue weighted by atomic mass is 10.1. The molecule has 0 aliphatic heterocycles. The van der Waals surface area contributed by atoms with Crippen LogP contribution in [0.1, 0.15) is 42.4 Å². The monoisotopic (exact) mass is 295 g/mol. The van der Waals surface area contributed by atoms with Gasteiger partial charge in [0.05, 0.1) is 6.10 Å². The van der Waals surface area contributed by atoms with Crippen molar-refractivity contribution in [3.05, 3.63) is 59.2 Å². The number of hydrogen-bond donors (Lipinski definition) is 1. The van der Waals surface area contributed by atoms with E-state index < -0.39 is 0 Å². The maximum Gasteiger partial charge on any atom is 0.119 e. The summed E-state index contributed by atoms with van der Waals surface area (Å²) in [5, 5.41) is 3.55. The molecule has 0 radical (unpaired) electrons. The van der Waals surface area contributed by atoms with Gasteiger partial charge in [0.1, 0.15) is 5.75 Å². The van der Waals surface area contributed by atoms with Crippen molar-refractivity contribution in [3.8, 4) is 5.75 Å². The summed E-state index contributed by atoms with van der Waals surface area (Å²) in [6, 6.07) is 14.9. The van der Waals surface area contributed by atoms with E-state index in [0.29, 0.717) is 6.10 Å². The summed E-state index contributed by atoms with van der Waals surface area (Å²) >= 11 is 0. The van der Waals surface area contributed by atoms with E-state index in [-0.39, 0.29) is 0 Å². The number of nitrogens with one attached hydrogen (secondary N) is 1. The smallest absolute Gasteiger partial charge is 0.119 e. The molecule has 116 valence electrons. The Bertz CT molecular complexity index is 592. The van der Waals surface area contributed by atoms with Crippen molar-refractivity contribution in [2.75, 3.05) is 5.32 Å². The number of rotatable bonds is 5. The Labute approximate surface area is 133 Å². The molecular weight excluding hydrogens is 270 g/mol. The molecule has 0 spiro atoms. The molecule has 0 saturated heterocycles. The second kappa shape index (κ2) is 6.87. The summed E-state index contributed by atoms with van der Waals surface area (Å²) in [5.74, 6) is 1.00. The van der Waals surface area contributed by atoms with Crippen LogP contribution >= 0.6 is 0 Å². The molecular formula is C20H25NO. The zero-order valence-electron chi connectivity index (χ0n) is 13.6. The lowest BCUT2D eigenvalue weighted by Crippen LogP contribution is -2.10. The average Bonchev–Trinajstić information content (AvgIpc) is 3.01. The largest absolute Gasteiger partial charge is 0.490 e. The van der Waals surface area contributed by atoms with Gasteiger partial charge in [0.25, 0.3) is 0 Å². The molecule has 2 nitrogen and oxygen atoms in total. The molecule has 0 bridgehead atoms. The Hall–Kier alpha value is -1.96. The van der Waals surface area contributed by atoms with Crippen LogP contribution in [0.4, 0.5) is 5.69 Å². The number of aryl methyl sites for hydroxylation is 2. The fraction of sp³-hybridized carbons (Fsp3) is 0.400.